The minimum absolute atomic E-state index is 0.000000000000000222. The Morgan fingerprint density at radius 3 is 2.39 bits per heavy atom. The monoisotopic (exact) mass is 303 g/mol. The van der Waals surface area contributed by atoms with Gasteiger partial charge in [0, 0.05) is 22.8 Å². The first-order valence-electron chi connectivity index (χ1n) is 5.69. The zero-order valence-corrected chi connectivity index (χ0v) is 11.9. The summed E-state index contributed by atoms with van der Waals surface area (Å²) < 4.78 is 0.954. The van der Waals surface area contributed by atoms with Crippen molar-refractivity contribution in [2.24, 2.45) is 0 Å². The number of rotatable bonds is 2. The predicted octanol–water partition coefficient (Wildman–Crippen LogP) is 4.03. The van der Waals surface area contributed by atoms with E-state index in [1.165, 1.54) is 0 Å². The molecule has 2 aromatic rings. The summed E-state index contributed by atoms with van der Waals surface area (Å²) in [6, 6.07) is 15.3. The van der Waals surface area contributed by atoms with Gasteiger partial charge in [-0.05, 0) is 36.8 Å². The highest BCUT2D eigenvalue weighted by Crippen LogP contribution is 2.22. The zero-order chi connectivity index (χ0) is 13.1. The largest absolute Gasteiger partial charge is 0.311 e. The van der Waals surface area contributed by atoms with Crippen LogP contribution in [0.15, 0.2) is 53.0 Å². The minimum atomic E-state index is 0.000000000000000222. The van der Waals surface area contributed by atoms with Gasteiger partial charge in [-0.15, -0.1) is 0 Å². The van der Waals surface area contributed by atoms with Gasteiger partial charge < -0.3 is 4.90 Å². The van der Waals surface area contributed by atoms with Crippen molar-refractivity contribution in [1.29, 1.82) is 0 Å². The van der Waals surface area contributed by atoms with Gasteiger partial charge in [-0.3, -0.25) is 4.79 Å². The van der Waals surface area contributed by atoms with Crippen LogP contribution in [0.1, 0.15) is 15.9 Å². The molecule has 0 aliphatic heterocycles. The van der Waals surface area contributed by atoms with E-state index in [4.69, 9.17) is 0 Å². The van der Waals surface area contributed by atoms with Crippen LogP contribution in [-0.2, 0) is 0 Å². The standard InChI is InChI=1S/C15H14BrNO/c1-11-13(9-6-10-14(11)16)15(18)17(2)12-7-4-3-5-8-12/h3-10H,1-2H3. The molecule has 92 valence electrons. The molecule has 3 heteroatoms. The maximum Gasteiger partial charge on any atom is 0.258 e. The van der Waals surface area contributed by atoms with E-state index in [9.17, 15) is 4.79 Å². The SMILES string of the molecule is Cc1c(Br)cccc1C(=O)N(C)c1ccccc1. The molecular formula is C15H14BrNO. The average molecular weight is 304 g/mol. The molecular weight excluding hydrogens is 290 g/mol. The molecule has 0 saturated carbocycles. The van der Waals surface area contributed by atoms with Crippen LogP contribution < -0.4 is 4.90 Å². The third-order valence-corrected chi connectivity index (χ3v) is 3.81. The highest BCUT2D eigenvalue weighted by molar-refractivity contribution is 9.10. The maximum atomic E-state index is 12.4. The van der Waals surface area contributed by atoms with E-state index in [1.807, 2.05) is 55.5 Å². The average Bonchev–Trinajstić information content (AvgIpc) is 2.41. The molecule has 0 atom stereocenters. The number of para-hydroxylation sites is 1. The fourth-order valence-corrected chi connectivity index (χ4v) is 2.15. The Morgan fingerprint density at radius 1 is 1.06 bits per heavy atom. The van der Waals surface area contributed by atoms with Crippen molar-refractivity contribution in [3.63, 3.8) is 0 Å². The number of nitrogens with zero attached hydrogens (tertiary/aromatic N) is 1. The van der Waals surface area contributed by atoms with Crippen molar-refractivity contribution in [2.75, 3.05) is 11.9 Å². The molecule has 18 heavy (non-hydrogen) atoms. The van der Waals surface area contributed by atoms with Gasteiger partial charge in [0.1, 0.15) is 0 Å². The van der Waals surface area contributed by atoms with Crippen LogP contribution in [0.4, 0.5) is 5.69 Å². The topological polar surface area (TPSA) is 20.3 Å². The van der Waals surface area contributed by atoms with Gasteiger partial charge in [0.25, 0.3) is 5.91 Å². The Kier molecular flexibility index (Phi) is 3.82. The van der Waals surface area contributed by atoms with Crippen LogP contribution >= 0.6 is 15.9 Å². The molecule has 2 nitrogen and oxygen atoms in total. The highest BCUT2D eigenvalue weighted by atomic mass is 79.9. The van der Waals surface area contributed by atoms with Gasteiger partial charge in [0.15, 0.2) is 0 Å². The Balaban J connectivity index is 2.35. The van der Waals surface area contributed by atoms with E-state index in [-0.39, 0.29) is 5.91 Å². The fourth-order valence-electron chi connectivity index (χ4n) is 1.79. The van der Waals surface area contributed by atoms with Gasteiger partial charge in [-0.25, -0.2) is 0 Å². The number of carbonyl (C=O) groups excluding carboxylic acids is 1. The number of benzene rings is 2. The fraction of sp³-hybridized carbons (Fsp3) is 0.133. The van der Waals surface area contributed by atoms with E-state index in [0.717, 1.165) is 21.3 Å². The third-order valence-electron chi connectivity index (χ3n) is 2.95. The summed E-state index contributed by atoms with van der Waals surface area (Å²) in [5, 5.41) is 0. The Hall–Kier alpha value is -1.61. The lowest BCUT2D eigenvalue weighted by Crippen LogP contribution is -2.26. The summed E-state index contributed by atoms with van der Waals surface area (Å²) in [5.41, 5.74) is 2.57. The molecule has 0 aromatic heterocycles. The van der Waals surface area contributed by atoms with Crippen LogP contribution in [0, 0.1) is 6.92 Å². The number of anilines is 1. The summed E-state index contributed by atoms with van der Waals surface area (Å²) in [7, 11) is 1.79. The number of halogens is 1. The number of carbonyl (C=O) groups is 1. The van der Waals surface area contributed by atoms with Crippen molar-refractivity contribution in [1.82, 2.24) is 0 Å². The highest BCUT2D eigenvalue weighted by Gasteiger charge is 2.16. The molecule has 0 saturated heterocycles. The Labute approximate surface area is 115 Å². The van der Waals surface area contributed by atoms with Crippen LogP contribution in [0.3, 0.4) is 0 Å². The first-order chi connectivity index (χ1) is 8.61. The van der Waals surface area contributed by atoms with Gasteiger partial charge in [0.2, 0.25) is 0 Å². The number of hydrogen-bond acceptors (Lipinski definition) is 1. The molecule has 0 unspecified atom stereocenters. The van der Waals surface area contributed by atoms with E-state index >= 15 is 0 Å². The molecule has 2 rings (SSSR count). The molecule has 0 radical (unpaired) electrons. The minimum Gasteiger partial charge on any atom is -0.311 e. The van der Waals surface area contributed by atoms with Crippen molar-refractivity contribution < 1.29 is 4.79 Å². The zero-order valence-electron chi connectivity index (χ0n) is 10.4. The van der Waals surface area contributed by atoms with E-state index in [2.05, 4.69) is 15.9 Å². The Bertz CT molecular complexity index is 566. The summed E-state index contributed by atoms with van der Waals surface area (Å²) in [6.45, 7) is 1.94. The lowest BCUT2D eigenvalue weighted by molar-refractivity contribution is 0.0992. The van der Waals surface area contributed by atoms with Crippen LogP contribution in [-0.4, -0.2) is 13.0 Å². The third kappa shape index (κ3) is 2.46. The lowest BCUT2D eigenvalue weighted by atomic mass is 10.1. The molecule has 0 aliphatic rings. The number of hydrogen-bond donors (Lipinski definition) is 0. The molecule has 0 aliphatic carbocycles. The van der Waals surface area contributed by atoms with Gasteiger partial charge in [-0.2, -0.15) is 0 Å². The van der Waals surface area contributed by atoms with Crippen molar-refractivity contribution in [3.05, 3.63) is 64.1 Å². The van der Waals surface area contributed by atoms with Gasteiger partial charge >= 0.3 is 0 Å². The van der Waals surface area contributed by atoms with Crippen molar-refractivity contribution >= 4 is 27.5 Å². The molecule has 0 spiro atoms. The molecule has 0 heterocycles. The second kappa shape index (κ2) is 5.36. The summed E-state index contributed by atoms with van der Waals surface area (Å²) in [5.74, 6) is 0.000000000000000222. The smallest absolute Gasteiger partial charge is 0.258 e. The molecule has 1 amide bonds. The lowest BCUT2D eigenvalue weighted by Gasteiger charge is -2.18. The van der Waals surface area contributed by atoms with Crippen LogP contribution in [0.2, 0.25) is 0 Å². The summed E-state index contributed by atoms with van der Waals surface area (Å²) in [4.78, 5) is 14.1. The molecule has 0 fully saturated rings. The predicted molar refractivity (Wildman–Crippen MR) is 78.1 cm³/mol. The van der Waals surface area contributed by atoms with Crippen LogP contribution in [0.5, 0.6) is 0 Å². The van der Waals surface area contributed by atoms with Gasteiger partial charge in [-0.1, -0.05) is 40.2 Å². The normalized spacial score (nSPS) is 10.2. The maximum absolute atomic E-state index is 12.4. The van der Waals surface area contributed by atoms with E-state index < -0.39 is 0 Å². The second-order valence-corrected chi connectivity index (χ2v) is 4.97. The first-order valence-corrected chi connectivity index (χ1v) is 6.49. The van der Waals surface area contributed by atoms with Crippen LogP contribution in [0.25, 0.3) is 0 Å². The quantitative estimate of drug-likeness (QED) is 0.820. The second-order valence-electron chi connectivity index (χ2n) is 4.11. The van der Waals surface area contributed by atoms with Gasteiger partial charge in [0.05, 0.1) is 0 Å². The molecule has 2 aromatic carbocycles. The molecule has 0 N–H and O–H groups in total. The first kappa shape index (κ1) is 12.8. The van der Waals surface area contributed by atoms with E-state index in [0.29, 0.717) is 0 Å². The summed E-state index contributed by atoms with van der Waals surface area (Å²) >= 11 is 3.45. The molecule has 0 bridgehead atoms. The van der Waals surface area contributed by atoms with Crippen molar-refractivity contribution in [3.8, 4) is 0 Å². The summed E-state index contributed by atoms with van der Waals surface area (Å²) in [6.07, 6.45) is 0. The number of amides is 1. The Morgan fingerprint density at radius 2 is 1.72 bits per heavy atom. The van der Waals surface area contributed by atoms with E-state index in [1.54, 1.807) is 11.9 Å². The van der Waals surface area contributed by atoms with Crippen molar-refractivity contribution in [2.45, 2.75) is 6.92 Å².